The fraction of sp³-hybridized carbons (Fsp3) is 0.296. The monoisotopic (exact) mass is 513 g/mol. The molecule has 1 aromatic heterocycles. The van der Waals surface area contributed by atoms with Crippen molar-refractivity contribution in [1.82, 2.24) is 4.90 Å². The van der Waals surface area contributed by atoms with Crippen LogP contribution in [0, 0.1) is 5.82 Å². The highest BCUT2D eigenvalue weighted by Crippen LogP contribution is 2.46. The van der Waals surface area contributed by atoms with Crippen molar-refractivity contribution in [1.29, 1.82) is 0 Å². The lowest BCUT2D eigenvalue weighted by atomic mass is 9.95. The maximum Gasteiger partial charge on any atom is 0.339 e. The van der Waals surface area contributed by atoms with Crippen LogP contribution in [0.25, 0.3) is 17.2 Å². The lowest BCUT2D eigenvalue weighted by Gasteiger charge is -2.25. The zero-order valence-corrected chi connectivity index (χ0v) is 21.1. The molecule has 0 fully saturated rings. The van der Waals surface area contributed by atoms with E-state index in [-0.39, 0.29) is 27.3 Å². The van der Waals surface area contributed by atoms with Gasteiger partial charge in [-0.3, -0.25) is 0 Å². The molecule has 1 aliphatic heterocycles. The van der Waals surface area contributed by atoms with Gasteiger partial charge in [0.05, 0.1) is 16.9 Å². The number of likely N-dealkylation sites (N-methyl/N-ethyl adjacent to an activating group) is 1. The zero-order chi connectivity index (χ0) is 26.0. The van der Waals surface area contributed by atoms with Gasteiger partial charge in [0.25, 0.3) is 0 Å². The molecule has 0 radical (unpaired) electrons. The number of fused-ring (bicyclic) bond motifs is 3. The smallest absolute Gasteiger partial charge is 0.339 e. The number of halogens is 1. The molecular formula is C27H28FNO6S. The third kappa shape index (κ3) is 4.94. The summed E-state index contributed by atoms with van der Waals surface area (Å²) in [6.45, 7) is 8.01. The summed E-state index contributed by atoms with van der Waals surface area (Å²) in [5, 5.41) is 10.0. The second kappa shape index (κ2) is 10.3. The second-order valence-electron chi connectivity index (χ2n) is 8.57. The van der Waals surface area contributed by atoms with Crippen LogP contribution in [0.4, 0.5) is 4.39 Å². The topological polar surface area (TPSA) is 97.1 Å². The van der Waals surface area contributed by atoms with Crippen molar-refractivity contribution in [3.63, 3.8) is 0 Å². The molecule has 0 unspecified atom stereocenters. The predicted octanol–water partition coefficient (Wildman–Crippen LogP) is 5.57. The van der Waals surface area contributed by atoms with Crippen LogP contribution in [-0.2, 0) is 15.6 Å². The average molecular weight is 514 g/mol. The fourth-order valence-corrected chi connectivity index (χ4v) is 5.99. The molecule has 1 atom stereocenters. The Bertz CT molecular complexity index is 1420. The number of rotatable bonds is 9. The van der Waals surface area contributed by atoms with Crippen molar-refractivity contribution in [2.24, 2.45) is 0 Å². The summed E-state index contributed by atoms with van der Waals surface area (Å²) in [5.74, 6) is -1.76. The molecule has 0 bridgehead atoms. The molecule has 0 saturated heterocycles. The van der Waals surface area contributed by atoms with E-state index < -0.39 is 33.5 Å². The molecule has 36 heavy (non-hydrogen) atoms. The summed E-state index contributed by atoms with van der Waals surface area (Å²) in [6, 6.07) is 8.33. The normalized spacial score (nSPS) is 15.1. The number of benzene rings is 2. The Balaban J connectivity index is 1.73. The van der Waals surface area contributed by atoms with Gasteiger partial charge in [0.2, 0.25) is 0 Å². The van der Waals surface area contributed by atoms with Crippen molar-refractivity contribution in [3.8, 4) is 16.9 Å². The van der Waals surface area contributed by atoms with Gasteiger partial charge in [0.15, 0.2) is 21.7 Å². The van der Waals surface area contributed by atoms with Crippen LogP contribution in [0.15, 0.2) is 58.1 Å². The molecule has 0 aliphatic carbocycles. The largest absolute Gasteiger partial charge is 0.481 e. The Kier molecular flexibility index (Phi) is 7.33. The minimum Gasteiger partial charge on any atom is -0.481 e. The highest BCUT2D eigenvalue weighted by Gasteiger charge is 2.32. The number of aromatic carboxylic acids is 1. The van der Waals surface area contributed by atoms with Crippen LogP contribution in [-0.4, -0.2) is 44.0 Å². The third-order valence-corrected chi connectivity index (χ3v) is 8.05. The first kappa shape index (κ1) is 25.7. The van der Waals surface area contributed by atoms with Gasteiger partial charge in [-0.05, 0) is 55.4 Å². The fourth-order valence-electron chi connectivity index (χ4n) is 4.43. The van der Waals surface area contributed by atoms with E-state index in [1.54, 1.807) is 31.2 Å². The lowest BCUT2D eigenvalue weighted by molar-refractivity contribution is 0.0687. The standard InChI is InChI=1S/C27H28FNO6S/c1-4-29(5-2)13-6-7-18-15-20(28)9-11-23(18)36(32,33)16-19-8-10-21-22-12-14-34-25(22)17(3)35-26(21)24(19)27(30)31/h6-12,14-15,17H,4-5,13,16H2,1-3H3,(H,30,31)/b7-6-/t17-/m1/s1. The number of sulfone groups is 1. The van der Waals surface area contributed by atoms with E-state index in [0.29, 0.717) is 23.4 Å². The first-order valence-electron chi connectivity index (χ1n) is 11.7. The zero-order valence-electron chi connectivity index (χ0n) is 20.3. The highest BCUT2D eigenvalue weighted by atomic mass is 32.2. The lowest BCUT2D eigenvalue weighted by Crippen LogP contribution is -2.22. The van der Waals surface area contributed by atoms with Crippen molar-refractivity contribution >= 4 is 21.9 Å². The maximum atomic E-state index is 14.0. The number of nitrogens with zero attached hydrogens (tertiary/aromatic N) is 1. The summed E-state index contributed by atoms with van der Waals surface area (Å²) < 4.78 is 52.4. The van der Waals surface area contributed by atoms with Crippen LogP contribution in [0.3, 0.4) is 0 Å². The van der Waals surface area contributed by atoms with Crippen molar-refractivity contribution in [2.45, 2.75) is 37.5 Å². The van der Waals surface area contributed by atoms with E-state index in [1.807, 2.05) is 13.8 Å². The van der Waals surface area contributed by atoms with E-state index in [9.17, 15) is 22.7 Å². The average Bonchev–Trinajstić information content (AvgIpc) is 3.32. The highest BCUT2D eigenvalue weighted by molar-refractivity contribution is 7.90. The predicted molar refractivity (Wildman–Crippen MR) is 134 cm³/mol. The van der Waals surface area contributed by atoms with Crippen LogP contribution in [0.5, 0.6) is 5.75 Å². The number of furan rings is 1. The van der Waals surface area contributed by atoms with Crippen molar-refractivity contribution in [3.05, 3.63) is 77.0 Å². The SMILES string of the molecule is CCN(CC)C/C=C\c1cc(F)ccc1S(=O)(=O)Cc1ccc2c(c1C(=O)O)O[C@H](C)c1occc1-2. The van der Waals surface area contributed by atoms with Gasteiger partial charge in [-0.25, -0.2) is 17.6 Å². The first-order chi connectivity index (χ1) is 17.2. The molecule has 9 heteroatoms. The van der Waals surface area contributed by atoms with Gasteiger partial charge < -0.3 is 19.2 Å². The minimum absolute atomic E-state index is 0.0693. The van der Waals surface area contributed by atoms with E-state index >= 15 is 0 Å². The number of carboxylic acid groups (broad SMARTS) is 1. The van der Waals surface area contributed by atoms with Crippen molar-refractivity contribution < 1.29 is 31.9 Å². The molecule has 0 saturated carbocycles. The summed E-state index contributed by atoms with van der Waals surface area (Å²) in [6.07, 6.45) is 4.35. The van der Waals surface area contributed by atoms with E-state index in [4.69, 9.17) is 9.15 Å². The Morgan fingerprint density at radius 1 is 1.14 bits per heavy atom. The molecule has 7 nitrogen and oxygen atoms in total. The molecule has 0 spiro atoms. The number of hydrogen-bond acceptors (Lipinski definition) is 6. The molecule has 2 aromatic carbocycles. The molecule has 0 amide bonds. The second-order valence-corrected chi connectivity index (χ2v) is 10.5. The van der Waals surface area contributed by atoms with Gasteiger partial charge in [-0.2, -0.15) is 0 Å². The van der Waals surface area contributed by atoms with Crippen LogP contribution >= 0.6 is 0 Å². The first-order valence-corrected chi connectivity index (χ1v) is 13.4. The maximum absolute atomic E-state index is 14.0. The quantitative estimate of drug-likeness (QED) is 0.374. The Morgan fingerprint density at radius 2 is 1.89 bits per heavy atom. The summed E-state index contributed by atoms with van der Waals surface area (Å²) >= 11 is 0. The summed E-state index contributed by atoms with van der Waals surface area (Å²) in [5.41, 5.74) is 1.32. The number of hydrogen-bond donors (Lipinski definition) is 1. The Morgan fingerprint density at radius 3 is 2.58 bits per heavy atom. The van der Waals surface area contributed by atoms with E-state index in [2.05, 4.69) is 4.90 Å². The molecule has 190 valence electrons. The molecular weight excluding hydrogens is 485 g/mol. The summed E-state index contributed by atoms with van der Waals surface area (Å²) in [7, 11) is -4.04. The van der Waals surface area contributed by atoms with Gasteiger partial charge >= 0.3 is 5.97 Å². The number of carbonyl (C=O) groups is 1. The Labute approximate surface area is 209 Å². The van der Waals surface area contributed by atoms with E-state index in [1.165, 1.54) is 24.5 Å². The van der Waals surface area contributed by atoms with E-state index in [0.717, 1.165) is 19.2 Å². The Hall–Kier alpha value is -3.43. The van der Waals surface area contributed by atoms with Crippen LogP contribution in [0.1, 0.15) is 54.1 Å². The molecule has 1 N–H and O–H groups in total. The van der Waals surface area contributed by atoms with Crippen LogP contribution in [0.2, 0.25) is 0 Å². The van der Waals surface area contributed by atoms with Gasteiger partial charge in [0, 0.05) is 17.7 Å². The molecule has 3 aromatic rings. The summed E-state index contributed by atoms with van der Waals surface area (Å²) in [4.78, 5) is 14.3. The van der Waals surface area contributed by atoms with Gasteiger partial charge in [0.1, 0.15) is 17.1 Å². The molecule has 1 aliphatic rings. The van der Waals surface area contributed by atoms with Crippen molar-refractivity contribution in [2.75, 3.05) is 19.6 Å². The van der Waals surface area contributed by atoms with Gasteiger partial charge in [-0.1, -0.05) is 38.1 Å². The van der Waals surface area contributed by atoms with Gasteiger partial charge in [-0.15, -0.1) is 0 Å². The molecule has 2 heterocycles. The van der Waals surface area contributed by atoms with Crippen LogP contribution < -0.4 is 4.74 Å². The molecule has 4 rings (SSSR count). The minimum atomic E-state index is -4.04. The number of carboxylic acids is 1. The third-order valence-electron chi connectivity index (χ3n) is 6.31. The number of ether oxygens (including phenoxy) is 1.